The third kappa shape index (κ3) is 3.64. The fourth-order valence-electron chi connectivity index (χ4n) is 10.6. The lowest BCUT2D eigenvalue weighted by atomic mass is 9.34. The van der Waals surface area contributed by atoms with Crippen molar-refractivity contribution in [3.63, 3.8) is 0 Å². The molecule has 5 aliphatic carbocycles. The van der Waals surface area contributed by atoms with Crippen LogP contribution in [0.3, 0.4) is 0 Å². The van der Waals surface area contributed by atoms with Gasteiger partial charge in [0.1, 0.15) is 6.07 Å². The molecule has 5 aliphatic rings. The monoisotopic (exact) mass is 543 g/mol. The lowest BCUT2D eigenvalue weighted by molar-refractivity contribution is -0.171. The summed E-state index contributed by atoms with van der Waals surface area (Å²) in [7, 11) is 0. The largest absolute Gasteiger partial charge is 0.426 e. The minimum atomic E-state index is -0.453. The Kier molecular flexibility index (Phi) is 6.02. The maximum atomic E-state index is 14.6. The van der Waals surface area contributed by atoms with Gasteiger partial charge in [0.2, 0.25) is 11.8 Å². The van der Waals surface area contributed by atoms with Gasteiger partial charge in [0.15, 0.2) is 11.6 Å². The highest BCUT2D eigenvalue weighted by Crippen LogP contribution is 2.74. The highest BCUT2D eigenvalue weighted by Gasteiger charge is 2.68. The van der Waals surface area contributed by atoms with Crippen LogP contribution in [0.2, 0.25) is 0 Å². The van der Waals surface area contributed by atoms with E-state index in [1.807, 2.05) is 26.0 Å². The van der Waals surface area contributed by atoms with E-state index in [0.29, 0.717) is 17.7 Å². The number of nitriles is 1. The SMILES string of the molecule is Cc1nnc(CC[C@]23CCC(C)(C)CC2C2C(=O)C=C4[C@@]5(C)C=C(C#N)C(=O)[C@@H](C)[C@@H]5CC[C@@]4(C)[C@]2(C)CC3)o1. The van der Waals surface area contributed by atoms with Crippen LogP contribution in [0.15, 0.2) is 27.7 Å². The van der Waals surface area contributed by atoms with Crippen LogP contribution in [0.25, 0.3) is 0 Å². The highest BCUT2D eigenvalue weighted by molar-refractivity contribution is 6.02. The number of carbonyl (C=O) groups is 2. The van der Waals surface area contributed by atoms with E-state index in [2.05, 4.69) is 50.9 Å². The quantitative estimate of drug-likeness (QED) is 0.402. The van der Waals surface area contributed by atoms with Crippen molar-refractivity contribution in [1.29, 1.82) is 5.26 Å². The number of nitrogens with zero attached hydrogens (tertiary/aromatic N) is 3. The average Bonchev–Trinajstić information content (AvgIpc) is 3.31. The van der Waals surface area contributed by atoms with Gasteiger partial charge in [0.25, 0.3) is 0 Å². The number of carbonyl (C=O) groups excluding carboxylic acids is 2. The molecule has 6 nitrogen and oxygen atoms in total. The van der Waals surface area contributed by atoms with Gasteiger partial charge in [-0.2, -0.15) is 5.26 Å². The minimum absolute atomic E-state index is 0.0267. The van der Waals surface area contributed by atoms with Crippen molar-refractivity contribution in [2.45, 2.75) is 106 Å². The third-order valence-electron chi connectivity index (χ3n) is 13.1. The molecule has 0 amide bonds. The van der Waals surface area contributed by atoms with Crippen molar-refractivity contribution in [2.75, 3.05) is 0 Å². The van der Waals surface area contributed by atoms with Gasteiger partial charge >= 0.3 is 0 Å². The number of aryl methyl sites for hydroxylation is 2. The van der Waals surface area contributed by atoms with Gasteiger partial charge < -0.3 is 4.42 Å². The third-order valence-corrected chi connectivity index (χ3v) is 13.1. The number of rotatable bonds is 3. The van der Waals surface area contributed by atoms with Gasteiger partial charge in [-0.25, -0.2) is 0 Å². The molecule has 8 atom stereocenters. The Morgan fingerprint density at radius 2 is 1.75 bits per heavy atom. The number of allylic oxidation sites excluding steroid dienone is 4. The molecule has 1 aromatic rings. The molecular weight excluding hydrogens is 498 g/mol. The van der Waals surface area contributed by atoms with Gasteiger partial charge in [-0.15, -0.1) is 10.2 Å². The number of fused-ring (bicyclic) bond motifs is 7. The zero-order valence-corrected chi connectivity index (χ0v) is 25.4. The Morgan fingerprint density at radius 3 is 2.42 bits per heavy atom. The summed E-state index contributed by atoms with van der Waals surface area (Å²) in [6.45, 7) is 15.6. The van der Waals surface area contributed by atoms with E-state index < -0.39 is 5.41 Å². The van der Waals surface area contributed by atoms with Crippen molar-refractivity contribution < 1.29 is 14.0 Å². The second kappa shape index (κ2) is 8.73. The van der Waals surface area contributed by atoms with Crippen molar-refractivity contribution in [3.8, 4) is 6.07 Å². The lowest BCUT2D eigenvalue weighted by Crippen LogP contribution is -2.64. The van der Waals surface area contributed by atoms with E-state index in [1.165, 1.54) is 12.0 Å². The molecule has 6 heteroatoms. The predicted octanol–water partition coefficient (Wildman–Crippen LogP) is 7.14. The molecular formula is C34H45N3O3. The van der Waals surface area contributed by atoms with Crippen LogP contribution >= 0.6 is 0 Å². The first kappa shape index (κ1) is 27.6. The predicted molar refractivity (Wildman–Crippen MR) is 152 cm³/mol. The molecule has 3 fully saturated rings. The summed E-state index contributed by atoms with van der Waals surface area (Å²) in [5, 5.41) is 18.2. The number of hydrogen-bond donors (Lipinski definition) is 0. The van der Waals surface area contributed by atoms with Gasteiger partial charge in [-0.1, -0.05) is 53.2 Å². The summed E-state index contributed by atoms with van der Waals surface area (Å²) in [5.41, 5.74) is 0.957. The summed E-state index contributed by atoms with van der Waals surface area (Å²) < 4.78 is 5.77. The molecule has 0 saturated heterocycles. The molecule has 6 rings (SSSR count). The molecule has 214 valence electrons. The van der Waals surface area contributed by atoms with Gasteiger partial charge in [-0.3, -0.25) is 9.59 Å². The van der Waals surface area contributed by atoms with Crippen LogP contribution in [0.4, 0.5) is 0 Å². The molecule has 2 unspecified atom stereocenters. The lowest BCUT2D eigenvalue weighted by Gasteiger charge is -2.69. The fourth-order valence-corrected chi connectivity index (χ4v) is 10.6. The van der Waals surface area contributed by atoms with Crippen LogP contribution in [0.5, 0.6) is 0 Å². The van der Waals surface area contributed by atoms with Gasteiger partial charge in [0.05, 0.1) is 5.57 Å². The summed E-state index contributed by atoms with van der Waals surface area (Å²) in [6.07, 6.45) is 13.1. The first-order valence-electron chi connectivity index (χ1n) is 15.4. The first-order valence-corrected chi connectivity index (χ1v) is 15.4. The molecule has 0 spiro atoms. The van der Waals surface area contributed by atoms with Crippen LogP contribution in [0.1, 0.15) is 105 Å². The normalized spacial score (nSPS) is 43.9. The summed E-state index contributed by atoms with van der Waals surface area (Å²) >= 11 is 0. The van der Waals surface area contributed by atoms with E-state index in [-0.39, 0.29) is 56.6 Å². The van der Waals surface area contributed by atoms with Crippen LogP contribution in [0, 0.1) is 69.0 Å². The maximum Gasteiger partial charge on any atom is 0.216 e. The minimum Gasteiger partial charge on any atom is -0.426 e. The van der Waals surface area contributed by atoms with Crippen molar-refractivity contribution in [1.82, 2.24) is 10.2 Å². The molecule has 0 aromatic carbocycles. The van der Waals surface area contributed by atoms with E-state index in [9.17, 15) is 14.9 Å². The summed E-state index contributed by atoms with van der Waals surface area (Å²) in [5.74, 6) is 1.75. The Morgan fingerprint density at radius 1 is 1.02 bits per heavy atom. The molecule has 0 radical (unpaired) electrons. The Labute approximate surface area is 239 Å². The topological polar surface area (TPSA) is 96.9 Å². The smallest absolute Gasteiger partial charge is 0.216 e. The van der Waals surface area contributed by atoms with Crippen LogP contribution in [-0.4, -0.2) is 21.8 Å². The van der Waals surface area contributed by atoms with E-state index in [4.69, 9.17) is 4.42 Å². The van der Waals surface area contributed by atoms with Crippen molar-refractivity contribution >= 4 is 11.6 Å². The maximum absolute atomic E-state index is 14.6. The van der Waals surface area contributed by atoms with Gasteiger partial charge in [0, 0.05) is 30.6 Å². The number of ketones is 2. The summed E-state index contributed by atoms with van der Waals surface area (Å²) in [6, 6.07) is 2.19. The second-order valence-corrected chi connectivity index (χ2v) is 15.5. The van der Waals surface area contributed by atoms with Gasteiger partial charge in [-0.05, 0) is 90.9 Å². The van der Waals surface area contributed by atoms with E-state index in [1.54, 1.807) is 0 Å². The summed E-state index contributed by atoms with van der Waals surface area (Å²) in [4.78, 5) is 27.5. The Balaban J connectivity index is 1.44. The number of Topliss-reactive ketones (excluding diaryl/α,β-unsaturated/α-hetero) is 1. The second-order valence-electron chi connectivity index (χ2n) is 15.5. The number of hydrogen-bond acceptors (Lipinski definition) is 6. The molecule has 40 heavy (non-hydrogen) atoms. The molecule has 1 heterocycles. The standard InChI is InChI=1S/C34H45N3O3/c1-20-23-8-10-32(6)26(31(23,5)17-22(19-35)29(20)39)16-25(38)28-24-18-30(3,4)12-14-34(24,15-13-33(28,32)7)11-9-27-37-36-21(2)40-27/h16-17,20,23-24,28H,8-15,18H2,1-7H3/t20-,23-,24?,28?,31-,32+,33+,34+/m0/s1. The van der Waals surface area contributed by atoms with E-state index >= 15 is 0 Å². The van der Waals surface area contributed by atoms with E-state index in [0.717, 1.165) is 51.4 Å². The zero-order valence-electron chi connectivity index (χ0n) is 25.4. The average molecular weight is 544 g/mol. The molecule has 0 aliphatic heterocycles. The molecule has 0 bridgehead atoms. The molecule has 0 N–H and O–H groups in total. The van der Waals surface area contributed by atoms with Crippen molar-refractivity contribution in [2.24, 2.45) is 50.7 Å². The number of aromatic nitrogens is 2. The fraction of sp³-hybridized carbons (Fsp3) is 0.735. The van der Waals surface area contributed by atoms with Crippen LogP contribution in [-0.2, 0) is 16.0 Å². The molecule has 3 saturated carbocycles. The zero-order chi connectivity index (χ0) is 28.9. The Hall–Kier alpha value is -2.55. The van der Waals surface area contributed by atoms with Crippen molar-refractivity contribution in [3.05, 3.63) is 35.1 Å². The molecule has 1 aromatic heterocycles. The van der Waals surface area contributed by atoms with Crippen LogP contribution < -0.4 is 0 Å². The first-order chi connectivity index (χ1) is 18.7. The highest BCUT2D eigenvalue weighted by atomic mass is 16.4. The Bertz CT molecular complexity index is 1380.